The highest BCUT2D eigenvalue weighted by atomic mass is 16.5. The normalized spacial score (nSPS) is 32.4. The number of aliphatic hydroxyl groups excluding tert-OH is 1. The number of aromatic hydroxyl groups is 1. The predicted octanol–water partition coefficient (Wildman–Crippen LogP) is 1.86. The van der Waals surface area contributed by atoms with Gasteiger partial charge in [0, 0.05) is 12.0 Å². The van der Waals surface area contributed by atoms with Crippen LogP contribution in [0.1, 0.15) is 24.8 Å². The molecule has 0 amide bonds. The number of fused-ring (bicyclic) bond motifs is 2. The van der Waals surface area contributed by atoms with Crippen molar-refractivity contribution in [1.82, 2.24) is 0 Å². The van der Waals surface area contributed by atoms with Gasteiger partial charge in [-0.05, 0) is 37.3 Å². The first-order valence-corrected chi connectivity index (χ1v) is 5.90. The molecular weight excluding hydrogens is 204 g/mol. The van der Waals surface area contributed by atoms with Gasteiger partial charge in [-0.1, -0.05) is 6.07 Å². The molecule has 0 saturated heterocycles. The van der Waals surface area contributed by atoms with Crippen molar-refractivity contribution in [2.24, 2.45) is 5.92 Å². The lowest BCUT2D eigenvalue weighted by atomic mass is 9.78. The Kier molecular flexibility index (Phi) is 2.28. The smallest absolute Gasteiger partial charge is 0.126 e. The van der Waals surface area contributed by atoms with Crippen LogP contribution >= 0.6 is 0 Å². The molecule has 1 aromatic rings. The standard InChI is InChI=1S/C13H16O3/c14-9-5-4-8-6-10-11(15)2-1-3-12(10)16-13(8)7-9/h4-5,7,10-12,14-15H,1-3,6H2/t10-,11-,12+/m0/s1. The lowest BCUT2D eigenvalue weighted by molar-refractivity contribution is -0.0210. The summed E-state index contributed by atoms with van der Waals surface area (Å²) < 4.78 is 5.87. The minimum atomic E-state index is -0.235. The van der Waals surface area contributed by atoms with E-state index < -0.39 is 0 Å². The lowest BCUT2D eigenvalue weighted by Gasteiger charge is -2.39. The Labute approximate surface area is 94.7 Å². The third kappa shape index (κ3) is 1.55. The Morgan fingerprint density at radius 2 is 2.12 bits per heavy atom. The van der Waals surface area contributed by atoms with Crippen LogP contribution in [-0.2, 0) is 6.42 Å². The van der Waals surface area contributed by atoms with E-state index in [1.807, 2.05) is 6.07 Å². The average Bonchev–Trinajstić information content (AvgIpc) is 2.27. The molecule has 0 unspecified atom stereocenters. The molecule has 1 aliphatic carbocycles. The fourth-order valence-electron chi connectivity index (χ4n) is 2.86. The Balaban J connectivity index is 1.93. The number of ether oxygens (including phenoxy) is 1. The Morgan fingerprint density at radius 3 is 3.00 bits per heavy atom. The highest BCUT2D eigenvalue weighted by Gasteiger charge is 2.37. The van der Waals surface area contributed by atoms with Crippen molar-refractivity contribution in [3.05, 3.63) is 23.8 Å². The molecule has 0 spiro atoms. The summed E-state index contributed by atoms with van der Waals surface area (Å²) in [6.45, 7) is 0. The predicted molar refractivity (Wildman–Crippen MR) is 59.6 cm³/mol. The van der Waals surface area contributed by atoms with Crippen LogP contribution in [0.5, 0.6) is 11.5 Å². The molecule has 86 valence electrons. The second kappa shape index (κ2) is 3.67. The Morgan fingerprint density at radius 1 is 1.25 bits per heavy atom. The SMILES string of the molecule is Oc1ccc2c(c1)O[C@@H]1CCC[C@H](O)[C@@H]1C2. The Bertz CT molecular complexity index is 402. The highest BCUT2D eigenvalue weighted by Crippen LogP contribution is 2.39. The van der Waals surface area contributed by atoms with Gasteiger partial charge in [-0.25, -0.2) is 0 Å². The zero-order valence-electron chi connectivity index (χ0n) is 9.10. The van der Waals surface area contributed by atoms with E-state index in [4.69, 9.17) is 4.74 Å². The van der Waals surface area contributed by atoms with Crippen molar-refractivity contribution in [3.8, 4) is 11.5 Å². The second-order valence-electron chi connectivity index (χ2n) is 4.81. The van der Waals surface area contributed by atoms with Crippen LogP contribution in [0.3, 0.4) is 0 Å². The summed E-state index contributed by atoms with van der Waals surface area (Å²) >= 11 is 0. The molecule has 3 rings (SSSR count). The maximum absolute atomic E-state index is 9.96. The Hall–Kier alpha value is -1.22. The van der Waals surface area contributed by atoms with Crippen molar-refractivity contribution in [1.29, 1.82) is 0 Å². The van der Waals surface area contributed by atoms with Crippen LogP contribution in [0.4, 0.5) is 0 Å². The van der Waals surface area contributed by atoms with E-state index in [0.717, 1.165) is 37.0 Å². The van der Waals surface area contributed by atoms with Crippen molar-refractivity contribution < 1.29 is 14.9 Å². The number of rotatable bonds is 0. The molecule has 1 aliphatic heterocycles. The number of aliphatic hydroxyl groups is 1. The van der Waals surface area contributed by atoms with Crippen LogP contribution in [0.15, 0.2) is 18.2 Å². The zero-order valence-corrected chi connectivity index (χ0v) is 9.10. The molecule has 2 N–H and O–H groups in total. The molecule has 0 bridgehead atoms. The van der Waals surface area contributed by atoms with Crippen molar-refractivity contribution in [3.63, 3.8) is 0 Å². The number of hydrogen-bond acceptors (Lipinski definition) is 3. The largest absolute Gasteiger partial charge is 0.508 e. The summed E-state index contributed by atoms with van der Waals surface area (Å²) in [7, 11) is 0. The molecule has 3 heteroatoms. The monoisotopic (exact) mass is 220 g/mol. The molecule has 1 heterocycles. The molecule has 2 aliphatic rings. The van der Waals surface area contributed by atoms with Gasteiger partial charge in [0.1, 0.15) is 17.6 Å². The molecule has 3 atom stereocenters. The summed E-state index contributed by atoms with van der Waals surface area (Å²) in [6, 6.07) is 5.24. The third-order valence-electron chi connectivity index (χ3n) is 3.75. The van der Waals surface area contributed by atoms with Crippen LogP contribution in [0.25, 0.3) is 0 Å². The van der Waals surface area contributed by atoms with E-state index in [1.165, 1.54) is 0 Å². The van der Waals surface area contributed by atoms with E-state index >= 15 is 0 Å². The van der Waals surface area contributed by atoms with E-state index in [0.29, 0.717) is 0 Å². The second-order valence-corrected chi connectivity index (χ2v) is 4.81. The van der Waals surface area contributed by atoms with Gasteiger partial charge in [-0.15, -0.1) is 0 Å². The molecular formula is C13H16O3. The van der Waals surface area contributed by atoms with E-state index in [1.54, 1.807) is 12.1 Å². The molecule has 1 aromatic carbocycles. The van der Waals surface area contributed by atoms with Crippen molar-refractivity contribution >= 4 is 0 Å². The van der Waals surface area contributed by atoms with Crippen LogP contribution < -0.4 is 4.74 Å². The quantitative estimate of drug-likeness (QED) is 0.701. The number of hydrogen-bond donors (Lipinski definition) is 2. The van der Waals surface area contributed by atoms with Gasteiger partial charge < -0.3 is 14.9 Å². The number of benzene rings is 1. The fraction of sp³-hybridized carbons (Fsp3) is 0.538. The molecule has 3 nitrogen and oxygen atoms in total. The summed E-state index contributed by atoms with van der Waals surface area (Å²) in [4.78, 5) is 0. The summed E-state index contributed by atoms with van der Waals surface area (Å²) in [5.41, 5.74) is 1.10. The first-order valence-electron chi connectivity index (χ1n) is 5.90. The van der Waals surface area contributed by atoms with Crippen LogP contribution in [0, 0.1) is 5.92 Å². The van der Waals surface area contributed by atoms with E-state index in [9.17, 15) is 10.2 Å². The van der Waals surface area contributed by atoms with Crippen molar-refractivity contribution in [2.45, 2.75) is 37.9 Å². The van der Waals surface area contributed by atoms with Gasteiger partial charge in [0.25, 0.3) is 0 Å². The minimum Gasteiger partial charge on any atom is -0.508 e. The third-order valence-corrected chi connectivity index (χ3v) is 3.75. The summed E-state index contributed by atoms with van der Waals surface area (Å²) in [5, 5.41) is 19.4. The lowest BCUT2D eigenvalue weighted by Crippen LogP contribution is -2.43. The topological polar surface area (TPSA) is 49.7 Å². The molecule has 1 saturated carbocycles. The van der Waals surface area contributed by atoms with Gasteiger partial charge in [0.2, 0.25) is 0 Å². The zero-order chi connectivity index (χ0) is 11.1. The van der Waals surface area contributed by atoms with Gasteiger partial charge in [-0.3, -0.25) is 0 Å². The molecule has 1 fully saturated rings. The van der Waals surface area contributed by atoms with Crippen LogP contribution in [0.2, 0.25) is 0 Å². The number of phenolic OH excluding ortho intramolecular Hbond substituents is 1. The summed E-state index contributed by atoms with van der Waals surface area (Å²) in [5.74, 6) is 1.26. The van der Waals surface area contributed by atoms with Crippen LogP contribution in [-0.4, -0.2) is 22.4 Å². The molecule has 16 heavy (non-hydrogen) atoms. The molecule has 0 aromatic heterocycles. The maximum atomic E-state index is 9.96. The average molecular weight is 220 g/mol. The highest BCUT2D eigenvalue weighted by molar-refractivity contribution is 5.42. The first-order chi connectivity index (χ1) is 7.74. The maximum Gasteiger partial charge on any atom is 0.126 e. The number of phenols is 1. The van der Waals surface area contributed by atoms with Gasteiger partial charge in [0.05, 0.1) is 6.10 Å². The van der Waals surface area contributed by atoms with Gasteiger partial charge in [0.15, 0.2) is 0 Å². The van der Waals surface area contributed by atoms with Crippen molar-refractivity contribution in [2.75, 3.05) is 0 Å². The van der Waals surface area contributed by atoms with E-state index in [-0.39, 0.29) is 23.9 Å². The van der Waals surface area contributed by atoms with Gasteiger partial charge in [-0.2, -0.15) is 0 Å². The first kappa shape index (κ1) is 9.97. The van der Waals surface area contributed by atoms with E-state index in [2.05, 4.69) is 0 Å². The molecule has 0 radical (unpaired) electrons. The minimum absolute atomic E-state index is 0.123. The fourth-order valence-corrected chi connectivity index (χ4v) is 2.86. The summed E-state index contributed by atoms with van der Waals surface area (Å²) in [6.07, 6.45) is 3.67. The van der Waals surface area contributed by atoms with Gasteiger partial charge >= 0.3 is 0 Å².